The minimum atomic E-state index is 0.924. The molecule has 0 radical (unpaired) electrons. The van der Waals surface area contributed by atoms with Gasteiger partial charge in [-0.2, -0.15) is 0 Å². The lowest BCUT2D eigenvalue weighted by atomic mass is 10.2. The Morgan fingerprint density at radius 1 is 1.19 bits per heavy atom. The fraction of sp³-hybridized carbons (Fsp3) is 0.154. The van der Waals surface area contributed by atoms with Crippen molar-refractivity contribution in [2.45, 2.75) is 6.92 Å². The first-order chi connectivity index (χ1) is 7.68. The molecule has 0 amide bonds. The molecule has 1 aromatic heterocycles. The molecule has 0 bridgehead atoms. The van der Waals surface area contributed by atoms with Crippen LogP contribution in [0.4, 0.5) is 11.5 Å². The highest BCUT2D eigenvalue weighted by atomic mass is 79.9. The van der Waals surface area contributed by atoms with E-state index in [0.717, 1.165) is 16.0 Å². The van der Waals surface area contributed by atoms with Gasteiger partial charge < -0.3 is 4.90 Å². The van der Waals surface area contributed by atoms with E-state index >= 15 is 0 Å². The molecule has 0 saturated carbocycles. The van der Waals surface area contributed by atoms with E-state index in [9.17, 15) is 0 Å². The average Bonchev–Trinajstić information content (AvgIpc) is 2.29. The molecule has 16 heavy (non-hydrogen) atoms. The van der Waals surface area contributed by atoms with Crippen LogP contribution in [0.5, 0.6) is 0 Å². The van der Waals surface area contributed by atoms with Crippen molar-refractivity contribution in [1.29, 1.82) is 0 Å². The number of hydrogen-bond acceptors (Lipinski definition) is 2. The number of rotatable bonds is 2. The van der Waals surface area contributed by atoms with Gasteiger partial charge in [-0.05, 0) is 52.7 Å². The third-order valence-corrected chi connectivity index (χ3v) is 3.06. The molecule has 0 saturated heterocycles. The summed E-state index contributed by atoms with van der Waals surface area (Å²) in [6, 6.07) is 12.3. The van der Waals surface area contributed by atoms with Gasteiger partial charge in [0, 0.05) is 18.9 Å². The van der Waals surface area contributed by atoms with Gasteiger partial charge in [-0.15, -0.1) is 0 Å². The van der Waals surface area contributed by atoms with Gasteiger partial charge in [0.2, 0.25) is 0 Å². The topological polar surface area (TPSA) is 16.1 Å². The number of halogens is 1. The molecule has 0 unspecified atom stereocenters. The van der Waals surface area contributed by atoms with Gasteiger partial charge >= 0.3 is 0 Å². The van der Waals surface area contributed by atoms with Gasteiger partial charge in [0.1, 0.15) is 5.82 Å². The number of pyridine rings is 1. The Morgan fingerprint density at radius 2 is 2.00 bits per heavy atom. The monoisotopic (exact) mass is 276 g/mol. The van der Waals surface area contributed by atoms with Crippen LogP contribution in [0.1, 0.15) is 5.56 Å². The summed E-state index contributed by atoms with van der Waals surface area (Å²) in [6.07, 6.45) is 1.80. The average molecular weight is 277 g/mol. The Bertz CT molecular complexity index is 497. The highest BCUT2D eigenvalue weighted by Crippen LogP contribution is 2.28. The molecule has 3 heteroatoms. The molecule has 2 rings (SSSR count). The molecule has 82 valence electrons. The zero-order valence-electron chi connectivity index (χ0n) is 9.31. The molecule has 0 aliphatic heterocycles. The van der Waals surface area contributed by atoms with Crippen molar-refractivity contribution in [3.8, 4) is 0 Å². The van der Waals surface area contributed by atoms with Gasteiger partial charge in [0.25, 0.3) is 0 Å². The van der Waals surface area contributed by atoms with Crippen LogP contribution in [0.2, 0.25) is 0 Å². The predicted octanol–water partition coefficient (Wildman–Crippen LogP) is 3.92. The predicted molar refractivity (Wildman–Crippen MR) is 71.2 cm³/mol. The van der Waals surface area contributed by atoms with Gasteiger partial charge in [-0.25, -0.2) is 4.98 Å². The maximum absolute atomic E-state index is 4.36. The quantitative estimate of drug-likeness (QED) is 0.827. The van der Waals surface area contributed by atoms with Crippen LogP contribution in [0.25, 0.3) is 0 Å². The van der Waals surface area contributed by atoms with Crippen molar-refractivity contribution < 1.29 is 0 Å². The zero-order valence-corrected chi connectivity index (χ0v) is 10.9. The Kier molecular flexibility index (Phi) is 3.25. The SMILES string of the molecule is Cc1cccc(N(C)c2ncccc2Br)c1. The van der Waals surface area contributed by atoms with Crippen LogP contribution in [0, 0.1) is 6.92 Å². The molecule has 2 nitrogen and oxygen atoms in total. The largest absolute Gasteiger partial charge is 0.329 e. The van der Waals surface area contributed by atoms with Crippen LogP contribution in [0.15, 0.2) is 47.1 Å². The standard InChI is InChI=1S/C13H13BrN2/c1-10-5-3-6-11(9-10)16(2)13-12(14)7-4-8-15-13/h3-9H,1-2H3. The lowest BCUT2D eigenvalue weighted by Crippen LogP contribution is -2.11. The Balaban J connectivity index is 2.39. The highest BCUT2D eigenvalue weighted by Gasteiger charge is 2.08. The number of aromatic nitrogens is 1. The second kappa shape index (κ2) is 4.66. The van der Waals surface area contributed by atoms with E-state index in [2.05, 4.69) is 57.0 Å². The van der Waals surface area contributed by atoms with E-state index in [1.165, 1.54) is 5.56 Å². The molecular formula is C13H13BrN2. The summed E-state index contributed by atoms with van der Waals surface area (Å²) < 4.78 is 0.999. The van der Waals surface area contributed by atoms with Crippen molar-refractivity contribution in [1.82, 2.24) is 4.98 Å². The van der Waals surface area contributed by atoms with Crippen LogP contribution in [0.3, 0.4) is 0 Å². The number of anilines is 2. The fourth-order valence-corrected chi connectivity index (χ4v) is 2.10. The molecule has 0 spiro atoms. The first-order valence-corrected chi connectivity index (χ1v) is 5.88. The zero-order chi connectivity index (χ0) is 11.5. The summed E-state index contributed by atoms with van der Waals surface area (Å²) in [5.74, 6) is 0.924. The second-order valence-electron chi connectivity index (χ2n) is 3.71. The van der Waals surface area contributed by atoms with Crippen LogP contribution < -0.4 is 4.90 Å². The fourth-order valence-electron chi connectivity index (χ4n) is 1.58. The lowest BCUT2D eigenvalue weighted by Gasteiger charge is -2.19. The molecule has 0 atom stereocenters. The summed E-state index contributed by atoms with van der Waals surface area (Å²) in [5, 5.41) is 0. The molecule has 1 heterocycles. The Labute approximate surface area is 104 Å². The van der Waals surface area contributed by atoms with Gasteiger partial charge in [-0.1, -0.05) is 12.1 Å². The maximum Gasteiger partial charge on any atom is 0.147 e. The van der Waals surface area contributed by atoms with Crippen LogP contribution in [-0.2, 0) is 0 Å². The van der Waals surface area contributed by atoms with Crippen molar-refractivity contribution in [3.05, 3.63) is 52.6 Å². The molecule has 1 aromatic carbocycles. The number of benzene rings is 1. The van der Waals surface area contributed by atoms with E-state index in [-0.39, 0.29) is 0 Å². The van der Waals surface area contributed by atoms with Crippen LogP contribution in [-0.4, -0.2) is 12.0 Å². The molecule has 2 aromatic rings. The first kappa shape index (κ1) is 11.1. The van der Waals surface area contributed by atoms with Crippen molar-refractivity contribution in [2.24, 2.45) is 0 Å². The third-order valence-electron chi connectivity index (χ3n) is 2.45. The molecule has 0 aliphatic rings. The highest BCUT2D eigenvalue weighted by molar-refractivity contribution is 9.10. The van der Waals surface area contributed by atoms with E-state index in [1.807, 2.05) is 19.2 Å². The normalized spacial score (nSPS) is 10.2. The summed E-state index contributed by atoms with van der Waals surface area (Å²) in [4.78, 5) is 6.43. The second-order valence-corrected chi connectivity index (χ2v) is 4.56. The third kappa shape index (κ3) is 2.25. The van der Waals surface area contributed by atoms with E-state index in [4.69, 9.17) is 0 Å². The van der Waals surface area contributed by atoms with Gasteiger partial charge in [0.15, 0.2) is 0 Å². The summed E-state index contributed by atoms with van der Waals surface area (Å²) >= 11 is 3.51. The molecule has 0 N–H and O–H groups in total. The molecule has 0 fully saturated rings. The van der Waals surface area contributed by atoms with Crippen molar-refractivity contribution in [3.63, 3.8) is 0 Å². The number of nitrogens with zero attached hydrogens (tertiary/aromatic N) is 2. The summed E-state index contributed by atoms with van der Waals surface area (Å²) in [6.45, 7) is 2.09. The minimum absolute atomic E-state index is 0.924. The lowest BCUT2D eigenvalue weighted by molar-refractivity contribution is 1.11. The van der Waals surface area contributed by atoms with E-state index < -0.39 is 0 Å². The smallest absolute Gasteiger partial charge is 0.147 e. The first-order valence-electron chi connectivity index (χ1n) is 5.09. The molecular weight excluding hydrogens is 264 g/mol. The Morgan fingerprint density at radius 3 is 2.69 bits per heavy atom. The molecule has 0 aliphatic carbocycles. The van der Waals surface area contributed by atoms with E-state index in [1.54, 1.807) is 6.20 Å². The van der Waals surface area contributed by atoms with Crippen molar-refractivity contribution >= 4 is 27.4 Å². The van der Waals surface area contributed by atoms with Crippen molar-refractivity contribution in [2.75, 3.05) is 11.9 Å². The van der Waals surface area contributed by atoms with Gasteiger partial charge in [0.05, 0.1) is 4.47 Å². The maximum atomic E-state index is 4.36. The van der Waals surface area contributed by atoms with E-state index in [0.29, 0.717) is 0 Å². The van der Waals surface area contributed by atoms with Gasteiger partial charge in [-0.3, -0.25) is 0 Å². The number of aryl methyl sites for hydroxylation is 1. The Hall–Kier alpha value is -1.35. The number of hydrogen-bond donors (Lipinski definition) is 0. The van der Waals surface area contributed by atoms with Crippen LogP contribution >= 0.6 is 15.9 Å². The summed E-state index contributed by atoms with van der Waals surface area (Å²) in [5.41, 5.74) is 2.39. The summed E-state index contributed by atoms with van der Waals surface area (Å²) in [7, 11) is 2.02. The minimum Gasteiger partial charge on any atom is -0.329 e.